The van der Waals surface area contributed by atoms with E-state index in [0.717, 1.165) is 4.90 Å². The minimum Gasteiger partial charge on any atom is -0.258 e. The lowest BCUT2D eigenvalue weighted by Gasteiger charge is -2.02. The molecule has 2 rings (SSSR count). The molecule has 1 heterocycles. The molecule has 1 aromatic heterocycles. The molecule has 0 fully saturated rings. The molecule has 0 spiro atoms. The fraction of sp³-hybridized carbons (Fsp3) is 0.154. The third-order valence-corrected chi connectivity index (χ3v) is 3.48. The minimum atomic E-state index is -0.391. The van der Waals surface area contributed by atoms with Gasteiger partial charge in [0.15, 0.2) is 0 Å². The molecular formula is C13H12N2O2S. The van der Waals surface area contributed by atoms with Crippen LogP contribution in [0.3, 0.4) is 0 Å². The highest BCUT2D eigenvalue weighted by atomic mass is 32.2. The van der Waals surface area contributed by atoms with Crippen LogP contribution in [0, 0.1) is 17.0 Å². The molecule has 0 unspecified atom stereocenters. The number of aromatic nitrogens is 1. The number of pyridine rings is 1. The molecule has 2 aromatic rings. The van der Waals surface area contributed by atoms with Crippen LogP contribution in [-0.2, 0) is 5.75 Å². The summed E-state index contributed by atoms with van der Waals surface area (Å²) in [5.74, 6) is 0.500. The lowest BCUT2D eigenvalue weighted by atomic mass is 10.2. The summed E-state index contributed by atoms with van der Waals surface area (Å²) in [6.07, 6.45) is 1.58. The van der Waals surface area contributed by atoms with E-state index in [2.05, 4.69) is 4.98 Å². The van der Waals surface area contributed by atoms with Crippen LogP contribution in [0.1, 0.15) is 11.3 Å². The van der Waals surface area contributed by atoms with Gasteiger partial charge >= 0.3 is 0 Å². The molecule has 0 radical (unpaired) electrons. The van der Waals surface area contributed by atoms with Gasteiger partial charge in [-0.2, -0.15) is 0 Å². The van der Waals surface area contributed by atoms with Gasteiger partial charge in [-0.05, 0) is 25.1 Å². The van der Waals surface area contributed by atoms with Crippen LogP contribution >= 0.6 is 11.8 Å². The number of nitrogens with zero attached hydrogens (tertiary/aromatic N) is 2. The van der Waals surface area contributed by atoms with Crippen LogP contribution in [0.2, 0.25) is 0 Å². The Labute approximate surface area is 109 Å². The van der Waals surface area contributed by atoms with Crippen molar-refractivity contribution in [1.82, 2.24) is 4.98 Å². The highest BCUT2D eigenvalue weighted by molar-refractivity contribution is 7.98. The summed E-state index contributed by atoms with van der Waals surface area (Å²) in [5, 5.41) is 10.8. The maximum absolute atomic E-state index is 10.8. The van der Waals surface area contributed by atoms with Crippen molar-refractivity contribution in [1.29, 1.82) is 0 Å². The van der Waals surface area contributed by atoms with E-state index in [0.29, 0.717) is 11.4 Å². The van der Waals surface area contributed by atoms with E-state index in [-0.39, 0.29) is 5.69 Å². The van der Waals surface area contributed by atoms with Crippen LogP contribution in [-0.4, -0.2) is 9.91 Å². The lowest BCUT2D eigenvalue weighted by Crippen LogP contribution is -1.96. The summed E-state index contributed by atoms with van der Waals surface area (Å²) in [5.41, 5.74) is 1.79. The smallest absolute Gasteiger partial charge is 0.258 e. The summed E-state index contributed by atoms with van der Waals surface area (Å²) in [4.78, 5) is 15.6. The Bertz CT molecular complexity index is 555. The highest BCUT2D eigenvalue weighted by Crippen LogP contribution is 2.26. The van der Waals surface area contributed by atoms with Gasteiger partial charge in [-0.3, -0.25) is 15.1 Å². The molecule has 5 heteroatoms. The number of aryl methyl sites for hydroxylation is 1. The highest BCUT2D eigenvalue weighted by Gasteiger charge is 2.13. The van der Waals surface area contributed by atoms with Crippen LogP contribution in [0.25, 0.3) is 0 Å². The average Bonchev–Trinajstić information content (AvgIpc) is 2.38. The maximum atomic E-state index is 10.8. The minimum absolute atomic E-state index is 0.0807. The predicted molar refractivity (Wildman–Crippen MR) is 71.6 cm³/mol. The van der Waals surface area contributed by atoms with Gasteiger partial charge in [0, 0.05) is 22.9 Å². The summed E-state index contributed by atoms with van der Waals surface area (Å²) in [6, 6.07) is 11.1. The van der Waals surface area contributed by atoms with Crippen molar-refractivity contribution in [3.8, 4) is 0 Å². The number of nitro groups is 1. The van der Waals surface area contributed by atoms with Crippen molar-refractivity contribution in [3.05, 3.63) is 64.0 Å². The van der Waals surface area contributed by atoms with Crippen molar-refractivity contribution in [3.63, 3.8) is 0 Å². The number of hydrogen-bond acceptors (Lipinski definition) is 4. The van der Waals surface area contributed by atoms with E-state index in [4.69, 9.17) is 0 Å². The first-order valence-electron chi connectivity index (χ1n) is 5.44. The first kappa shape index (κ1) is 12.6. The number of rotatable bonds is 4. The zero-order valence-electron chi connectivity index (χ0n) is 9.87. The standard InChI is InChI=1S/C13H12N2O2S/c1-10-4-6-11(7-5-10)18-9-12-13(15(16)17)3-2-8-14-12/h2-8H,9H2,1H3. The second-order valence-corrected chi connectivity index (χ2v) is 4.88. The Morgan fingerprint density at radius 1 is 1.28 bits per heavy atom. The SMILES string of the molecule is Cc1ccc(SCc2ncccc2[N+](=O)[O-])cc1. The molecule has 1 aromatic carbocycles. The quantitative estimate of drug-likeness (QED) is 0.479. The van der Waals surface area contributed by atoms with E-state index in [1.807, 2.05) is 31.2 Å². The summed E-state index contributed by atoms with van der Waals surface area (Å²) in [7, 11) is 0. The third kappa shape index (κ3) is 3.07. The van der Waals surface area contributed by atoms with Crippen molar-refractivity contribution in [2.24, 2.45) is 0 Å². The van der Waals surface area contributed by atoms with E-state index in [9.17, 15) is 10.1 Å². The van der Waals surface area contributed by atoms with Gasteiger partial charge in [0.2, 0.25) is 0 Å². The Morgan fingerprint density at radius 2 is 2.00 bits per heavy atom. The second kappa shape index (κ2) is 5.64. The van der Waals surface area contributed by atoms with Crippen molar-refractivity contribution < 1.29 is 4.92 Å². The van der Waals surface area contributed by atoms with Crippen LogP contribution in [0.15, 0.2) is 47.5 Å². The van der Waals surface area contributed by atoms with Gasteiger partial charge < -0.3 is 0 Å². The molecule has 0 amide bonds. The Kier molecular flexibility index (Phi) is 3.94. The molecule has 92 valence electrons. The monoisotopic (exact) mass is 260 g/mol. The largest absolute Gasteiger partial charge is 0.291 e. The molecule has 0 atom stereocenters. The topological polar surface area (TPSA) is 56.0 Å². The van der Waals surface area contributed by atoms with Crippen molar-refractivity contribution >= 4 is 17.4 Å². The van der Waals surface area contributed by atoms with Gasteiger partial charge in [0.1, 0.15) is 5.69 Å². The summed E-state index contributed by atoms with van der Waals surface area (Å²) in [6.45, 7) is 2.03. The van der Waals surface area contributed by atoms with E-state index in [1.165, 1.54) is 11.6 Å². The third-order valence-electron chi connectivity index (χ3n) is 2.46. The normalized spacial score (nSPS) is 10.3. The van der Waals surface area contributed by atoms with Crippen LogP contribution in [0.5, 0.6) is 0 Å². The molecule has 0 N–H and O–H groups in total. The molecular weight excluding hydrogens is 248 g/mol. The molecule has 0 bridgehead atoms. The van der Waals surface area contributed by atoms with Gasteiger partial charge in [0.25, 0.3) is 5.69 Å². The van der Waals surface area contributed by atoms with Crippen molar-refractivity contribution in [2.75, 3.05) is 0 Å². The second-order valence-electron chi connectivity index (χ2n) is 3.83. The molecule has 0 aliphatic heterocycles. The first-order valence-corrected chi connectivity index (χ1v) is 6.43. The van der Waals surface area contributed by atoms with E-state index in [1.54, 1.807) is 24.0 Å². The van der Waals surface area contributed by atoms with E-state index >= 15 is 0 Å². The molecule has 0 aliphatic carbocycles. The zero-order chi connectivity index (χ0) is 13.0. The lowest BCUT2D eigenvalue weighted by molar-refractivity contribution is -0.385. The Hall–Kier alpha value is -1.88. The average molecular weight is 260 g/mol. The fourth-order valence-corrected chi connectivity index (χ4v) is 2.35. The molecule has 18 heavy (non-hydrogen) atoms. The summed E-state index contributed by atoms with van der Waals surface area (Å²) >= 11 is 1.55. The van der Waals surface area contributed by atoms with E-state index < -0.39 is 4.92 Å². The number of hydrogen-bond donors (Lipinski definition) is 0. The first-order chi connectivity index (χ1) is 8.66. The fourth-order valence-electron chi connectivity index (χ4n) is 1.49. The number of benzene rings is 1. The van der Waals surface area contributed by atoms with Crippen LogP contribution < -0.4 is 0 Å². The van der Waals surface area contributed by atoms with Crippen LogP contribution in [0.4, 0.5) is 5.69 Å². The summed E-state index contributed by atoms with van der Waals surface area (Å²) < 4.78 is 0. The molecule has 0 saturated heterocycles. The van der Waals surface area contributed by atoms with Gasteiger partial charge in [-0.15, -0.1) is 11.8 Å². The number of thioether (sulfide) groups is 1. The predicted octanol–water partition coefficient (Wildman–Crippen LogP) is 3.59. The molecule has 0 aliphatic rings. The van der Waals surface area contributed by atoms with Gasteiger partial charge in [-0.25, -0.2) is 0 Å². The Morgan fingerprint density at radius 3 is 2.67 bits per heavy atom. The van der Waals surface area contributed by atoms with Gasteiger partial charge in [-0.1, -0.05) is 17.7 Å². The Balaban J connectivity index is 2.10. The molecule has 4 nitrogen and oxygen atoms in total. The maximum Gasteiger partial charge on any atom is 0.291 e. The molecule has 0 saturated carbocycles. The van der Waals surface area contributed by atoms with Gasteiger partial charge in [0.05, 0.1) is 4.92 Å². The van der Waals surface area contributed by atoms with Crippen molar-refractivity contribution in [2.45, 2.75) is 17.6 Å². The zero-order valence-corrected chi connectivity index (χ0v) is 10.7.